The van der Waals surface area contributed by atoms with Crippen LogP contribution in [0.3, 0.4) is 0 Å². The molecule has 56 heavy (non-hydrogen) atoms. The van der Waals surface area contributed by atoms with E-state index in [0.717, 1.165) is 90.8 Å². The molecule has 2 aromatic heterocycles. The number of hydrogen-bond acceptors (Lipinski definition) is 4. The Balaban J connectivity index is 1.17. The molecule has 5 rings (SSSR count). The zero-order valence-corrected chi connectivity index (χ0v) is 36.3. The number of aromatic nitrogens is 2. The van der Waals surface area contributed by atoms with E-state index >= 15 is 0 Å². The van der Waals surface area contributed by atoms with Gasteiger partial charge in [-0.2, -0.15) is 0 Å². The predicted molar refractivity (Wildman–Crippen MR) is 239 cm³/mol. The maximum atomic E-state index is 6.19. The summed E-state index contributed by atoms with van der Waals surface area (Å²) in [5.74, 6) is 1.85. The third kappa shape index (κ3) is 13.3. The smallest absolute Gasteiger partial charge is 0.119 e. The number of rotatable bonds is 24. The second-order valence-electron chi connectivity index (χ2n) is 17.9. The normalized spacial score (nSPS) is 12.1. The van der Waals surface area contributed by atoms with Crippen LogP contribution in [0.15, 0.2) is 72.8 Å². The summed E-state index contributed by atoms with van der Waals surface area (Å²) in [5, 5.41) is 2.22. The summed E-state index contributed by atoms with van der Waals surface area (Å²) in [6.07, 6.45) is 16.5. The van der Waals surface area contributed by atoms with Crippen molar-refractivity contribution in [2.24, 2.45) is 0 Å². The van der Waals surface area contributed by atoms with Crippen LogP contribution >= 0.6 is 0 Å². The van der Waals surface area contributed by atoms with Crippen LogP contribution in [0.1, 0.15) is 102 Å². The van der Waals surface area contributed by atoms with Crippen LogP contribution in [-0.4, -0.2) is 87.0 Å². The Morgan fingerprint density at radius 3 is 1.27 bits per heavy atom. The summed E-state index contributed by atoms with van der Waals surface area (Å²) < 4.78 is 14.5. The summed E-state index contributed by atoms with van der Waals surface area (Å²) >= 11 is 0. The summed E-state index contributed by atoms with van der Waals surface area (Å²) in [6, 6.07) is 25.9. The molecule has 0 spiro atoms. The molecule has 0 unspecified atom stereocenters. The largest absolute Gasteiger partial charge is 0.494 e. The van der Waals surface area contributed by atoms with Gasteiger partial charge in [0, 0.05) is 22.2 Å². The van der Waals surface area contributed by atoms with Crippen LogP contribution in [0.5, 0.6) is 11.5 Å². The van der Waals surface area contributed by atoms with E-state index in [9.17, 15) is 0 Å². The number of quaternary nitrogens is 2. The van der Waals surface area contributed by atoms with E-state index in [1.807, 2.05) is 0 Å². The molecule has 0 aliphatic carbocycles. The van der Waals surface area contributed by atoms with Gasteiger partial charge in [0.15, 0.2) is 0 Å². The third-order valence-corrected chi connectivity index (χ3v) is 11.1. The Hall–Kier alpha value is -4.00. The minimum absolute atomic E-state index is 0.758. The number of nitrogens with zero attached hydrogens (tertiary/aromatic N) is 4. The molecule has 3 aromatic carbocycles. The highest BCUT2D eigenvalue weighted by Gasteiger charge is 2.16. The first-order valence-corrected chi connectivity index (χ1v) is 21.7. The van der Waals surface area contributed by atoms with Gasteiger partial charge >= 0.3 is 0 Å². The van der Waals surface area contributed by atoms with Gasteiger partial charge in [0.1, 0.15) is 11.5 Å². The van der Waals surface area contributed by atoms with Crippen LogP contribution in [0.4, 0.5) is 0 Å². The van der Waals surface area contributed by atoms with E-state index in [4.69, 9.17) is 19.4 Å². The van der Waals surface area contributed by atoms with Crippen molar-refractivity contribution in [1.29, 1.82) is 0 Å². The van der Waals surface area contributed by atoms with Gasteiger partial charge in [0.05, 0.1) is 79.1 Å². The lowest BCUT2D eigenvalue weighted by Gasteiger charge is -2.30. The van der Waals surface area contributed by atoms with Crippen molar-refractivity contribution in [3.63, 3.8) is 0 Å². The molecular formula is C50H72N4O2+2. The average Bonchev–Trinajstić information content (AvgIpc) is 3.16. The molecule has 6 nitrogen and oxygen atoms in total. The zero-order valence-electron chi connectivity index (χ0n) is 36.3. The monoisotopic (exact) mass is 761 g/mol. The van der Waals surface area contributed by atoms with Crippen LogP contribution in [0, 0.1) is 13.8 Å². The molecule has 0 N–H and O–H groups in total. The number of unbranched alkanes of at least 4 members (excludes halogenated alkanes) is 10. The Labute approximate surface area is 339 Å². The first-order chi connectivity index (χ1) is 26.9. The summed E-state index contributed by atoms with van der Waals surface area (Å²) in [4.78, 5) is 10.1. The highest BCUT2D eigenvalue weighted by atomic mass is 16.5. The number of fused-ring (bicyclic) bond motifs is 3. The van der Waals surface area contributed by atoms with Gasteiger partial charge in [-0.25, -0.2) is 0 Å². The van der Waals surface area contributed by atoms with Crippen molar-refractivity contribution in [3.8, 4) is 33.8 Å². The summed E-state index contributed by atoms with van der Waals surface area (Å²) in [7, 11) is 11.6. The fourth-order valence-electron chi connectivity index (χ4n) is 7.84. The topological polar surface area (TPSA) is 44.2 Å². The second-order valence-corrected chi connectivity index (χ2v) is 17.9. The molecule has 0 aliphatic heterocycles. The molecular weight excluding hydrogens is 689 g/mol. The average molecular weight is 761 g/mol. The number of aryl methyl sites for hydroxylation is 2. The second kappa shape index (κ2) is 21.0. The minimum Gasteiger partial charge on any atom is -0.494 e. The summed E-state index contributed by atoms with van der Waals surface area (Å²) in [5.41, 5.74) is 8.50. The van der Waals surface area contributed by atoms with Gasteiger partial charge in [-0.15, -0.1) is 0 Å². The Morgan fingerprint density at radius 2 is 0.857 bits per heavy atom. The minimum atomic E-state index is 0.758. The van der Waals surface area contributed by atoms with Gasteiger partial charge in [0.25, 0.3) is 0 Å². The molecule has 0 atom stereocenters. The summed E-state index contributed by atoms with van der Waals surface area (Å²) in [6.45, 7) is 11.8. The van der Waals surface area contributed by atoms with Gasteiger partial charge in [-0.05, 0) is 137 Å². The molecule has 0 radical (unpaired) electrons. The molecule has 6 heteroatoms. The standard InChI is InChI=1S/C50H72N4O2/c1-9-10-11-12-18-33-54(7,8)34-19-14-16-21-36-56-44-28-24-42(25-29-44)48-38-40(3)52-50-46(48)31-30-45-47(37-39(2)51-49(45)50)41-22-26-43(27-23-41)55-35-20-15-13-17-32-53(4,5)6/h22-31,37-38H,9-21,32-36H2,1-8H3/q+2. The Morgan fingerprint density at radius 1 is 0.464 bits per heavy atom. The van der Waals surface area contributed by atoms with Crippen LogP contribution < -0.4 is 9.47 Å². The van der Waals surface area contributed by atoms with Crippen molar-refractivity contribution in [1.82, 2.24) is 9.97 Å². The van der Waals surface area contributed by atoms with Crippen molar-refractivity contribution in [2.45, 2.75) is 104 Å². The third-order valence-electron chi connectivity index (χ3n) is 11.1. The van der Waals surface area contributed by atoms with Crippen molar-refractivity contribution < 1.29 is 18.4 Å². The van der Waals surface area contributed by atoms with Gasteiger partial charge in [0.2, 0.25) is 0 Å². The highest BCUT2D eigenvalue weighted by molar-refractivity contribution is 6.12. The van der Waals surface area contributed by atoms with E-state index in [2.05, 4.69) is 129 Å². The fourth-order valence-corrected chi connectivity index (χ4v) is 7.84. The molecule has 0 bridgehead atoms. The molecule has 0 saturated carbocycles. The maximum Gasteiger partial charge on any atom is 0.119 e. The lowest BCUT2D eigenvalue weighted by molar-refractivity contribution is -0.890. The molecule has 302 valence electrons. The Kier molecular flexibility index (Phi) is 16.1. The van der Waals surface area contributed by atoms with Gasteiger partial charge in [-0.3, -0.25) is 9.97 Å². The van der Waals surface area contributed by atoms with Crippen molar-refractivity contribution >= 4 is 21.8 Å². The molecule has 2 heterocycles. The van der Waals surface area contributed by atoms with E-state index in [1.54, 1.807) is 0 Å². The van der Waals surface area contributed by atoms with Gasteiger partial charge < -0.3 is 18.4 Å². The first-order valence-electron chi connectivity index (χ1n) is 21.7. The van der Waals surface area contributed by atoms with Crippen molar-refractivity contribution in [2.75, 3.05) is 68.1 Å². The maximum absolute atomic E-state index is 6.19. The number of ether oxygens (including phenoxy) is 2. The van der Waals surface area contributed by atoms with E-state index in [1.165, 1.54) is 101 Å². The van der Waals surface area contributed by atoms with Crippen LogP contribution in [0.25, 0.3) is 44.1 Å². The number of pyridine rings is 2. The first kappa shape index (κ1) is 43.1. The quantitative estimate of drug-likeness (QED) is 0.0357. The molecule has 5 aromatic rings. The molecule has 0 saturated heterocycles. The van der Waals surface area contributed by atoms with Crippen LogP contribution in [-0.2, 0) is 0 Å². The van der Waals surface area contributed by atoms with Gasteiger partial charge in [-0.1, -0.05) is 62.6 Å². The number of hydrogen-bond donors (Lipinski definition) is 0. The predicted octanol–water partition coefficient (Wildman–Crippen LogP) is 12.4. The Bertz CT molecular complexity index is 1940. The van der Waals surface area contributed by atoms with E-state index < -0.39 is 0 Å². The molecule has 0 fully saturated rings. The highest BCUT2D eigenvalue weighted by Crippen LogP contribution is 2.37. The lowest BCUT2D eigenvalue weighted by atomic mass is 9.95. The van der Waals surface area contributed by atoms with Crippen LogP contribution in [0.2, 0.25) is 0 Å². The van der Waals surface area contributed by atoms with Crippen molar-refractivity contribution in [3.05, 3.63) is 84.2 Å². The molecule has 0 amide bonds. The van der Waals surface area contributed by atoms with E-state index in [0.29, 0.717) is 0 Å². The lowest BCUT2D eigenvalue weighted by Crippen LogP contribution is -2.41. The number of benzene rings is 3. The molecule has 0 aliphatic rings. The zero-order chi connectivity index (χ0) is 40.0. The SMILES string of the molecule is CCCCCCC[N+](C)(C)CCCCCCOc1ccc(-c2cc(C)nc3c2ccc2c(-c4ccc(OCCCCCC[N+](C)(C)C)cc4)cc(C)nc23)cc1. The van der Waals surface area contributed by atoms with E-state index in [-0.39, 0.29) is 0 Å². The fraction of sp³-hybridized carbons (Fsp3) is 0.520.